The van der Waals surface area contributed by atoms with Gasteiger partial charge in [0.2, 0.25) is 0 Å². The molecule has 2 aliphatic rings. The van der Waals surface area contributed by atoms with Gasteiger partial charge in [-0.1, -0.05) is 6.42 Å². The number of carboxylic acids is 1. The summed E-state index contributed by atoms with van der Waals surface area (Å²) >= 11 is 0. The van der Waals surface area contributed by atoms with Gasteiger partial charge in [0.05, 0.1) is 0 Å². The zero-order valence-electron chi connectivity index (χ0n) is 7.33. The molecular formula is C10H16O2. The summed E-state index contributed by atoms with van der Waals surface area (Å²) in [5, 5.41) is 8.54. The fourth-order valence-electron chi connectivity index (χ4n) is 3.04. The molecule has 2 nitrogen and oxygen atoms in total. The van der Waals surface area contributed by atoms with Gasteiger partial charge in [0.1, 0.15) is 0 Å². The van der Waals surface area contributed by atoms with Crippen LogP contribution in [0.2, 0.25) is 0 Å². The predicted octanol–water partition coefficient (Wildman–Crippen LogP) is 2.29. The largest absolute Gasteiger partial charge is 0.481 e. The molecule has 0 radical (unpaired) electrons. The van der Waals surface area contributed by atoms with E-state index >= 15 is 0 Å². The lowest BCUT2D eigenvalue weighted by Gasteiger charge is -2.20. The highest BCUT2D eigenvalue weighted by Gasteiger charge is 2.38. The quantitative estimate of drug-likeness (QED) is 0.702. The molecule has 2 bridgehead atoms. The van der Waals surface area contributed by atoms with Crippen LogP contribution in [0.5, 0.6) is 0 Å². The van der Waals surface area contributed by atoms with Crippen molar-refractivity contribution in [2.24, 2.45) is 17.8 Å². The highest BCUT2D eigenvalue weighted by Crippen LogP contribution is 2.49. The van der Waals surface area contributed by atoms with Crippen LogP contribution in [0.25, 0.3) is 0 Å². The van der Waals surface area contributed by atoms with Crippen molar-refractivity contribution in [3.05, 3.63) is 0 Å². The number of aliphatic carboxylic acids is 1. The number of carbonyl (C=O) groups is 1. The zero-order valence-corrected chi connectivity index (χ0v) is 7.33. The number of rotatable bonds is 3. The monoisotopic (exact) mass is 168 g/mol. The van der Waals surface area contributed by atoms with Gasteiger partial charge in [-0.05, 0) is 43.4 Å². The highest BCUT2D eigenvalue weighted by atomic mass is 16.4. The summed E-state index contributed by atoms with van der Waals surface area (Å²) < 4.78 is 0. The third kappa shape index (κ3) is 1.47. The van der Waals surface area contributed by atoms with Crippen molar-refractivity contribution in [1.29, 1.82) is 0 Å². The maximum absolute atomic E-state index is 10.4. The Labute approximate surface area is 73.0 Å². The van der Waals surface area contributed by atoms with Crippen molar-refractivity contribution < 1.29 is 9.90 Å². The second-order valence-corrected chi connectivity index (χ2v) is 4.37. The maximum atomic E-state index is 10.4. The van der Waals surface area contributed by atoms with E-state index in [4.69, 9.17) is 5.11 Å². The molecule has 0 aromatic rings. The van der Waals surface area contributed by atoms with Crippen LogP contribution in [0, 0.1) is 17.8 Å². The number of hydrogen-bond donors (Lipinski definition) is 1. The Balaban J connectivity index is 1.79. The molecule has 1 N–H and O–H groups in total. The van der Waals surface area contributed by atoms with E-state index in [1.807, 2.05) is 0 Å². The van der Waals surface area contributed by atoms with E-state index in [2.05, 4.69) is 0 Å². The Hall–Kier alpha value is -0.530. The molecule has 0 amide bonds. The summed E-state index contributed by atoms with van der Waals surface area (Å²) in [4.78, 5) is 10.4. The van der Waals surface area contributed by atoms with Crippen LogP contribution in [0.3, 0.4) is 0 Å². The molecule has 2 aliphatic carbocycles. The van der Waals surface area contributed by atoms with Crippen molar-refractivity contribution in [3.63, 3.8) is 0 Å². The average Bonchev–Trinajstić information content (AvgIpc) is 2.60. The van der Waals surface area contributed by atoms with Gasteiger partial charge in [-0.2, -0.15) is 0 Å². The molecule has 68 valence electrons. The van der Waals surface area contributed by atoms with Crippen molar-refractivity contribution in [1.82, 2.24) is 0 Å². The minimum atomic E-state index is -0.627. The highest BCUT2D eigenvalue weighted by molar-refractivity contribution is 5.66. The van der Waals surface area contributed by atoms with Crippen molar-refractivity contribution in [3.8, 4) is 0 Å². The molecule has 0 aromatic carbocycles. The van der Waals surface area contributed by atoms with Crippen LogP contribution < -0.4 is 0 Å². The van der Waals surface area contributed by atoms with Gasteiger partial charge in [0, 0.05) is 6.42 Å². The van der Waals surface area contributed by atoms with Crippen LogP contribution in [0.15, 0.2) is 0 Å². The Bertz CT molecular complexity index is 188. The second-order valence-electron chi connectivity index (χ2n) is 4.37. The normalized spacial score (nSPS) is 38.8. The summed E-state index contributed by atoms with van der Waals surface area (Å²) in [6, 6.07) is 0. The summed E-state index contributed by atoms with van der Waals surface area (Å²) in [6.45, 7) is 0. The number of fused-ring (bicyclic) bond motifs is 2. The Morgan fingerprint density at radius 2 is 2.17 bits per heavy atom. The summed E-state index contributed by atoms with van der Waals surface area (Å²) in [5.41, 5.74) is 0. The van der Waals surface area contributed by atoms with Gasteiger partial charge in [0.15, 0.2) is 0 Å². The number of hydrogen-bond acceptors (Lipinski definition) is 1. The molecule has 12 heavy (non-hydrogen) atoms. The molecule has 0 saturated heterocycles. The van der Waals surface area contributed by atoms with Gasteiger partial charge in [-0.3, -0.25) is 4.79 Å². The third-order valence-corrected chi connectivity index (χ3v) is 3.61. The average molecular weight is 168 g/mol. The summed E-state index contributed by atoms with van der Waals surface area (Å²) in [6.07, 6.45) is 6.80. The van der Waals surface area contributed by atoms with E-state index in [1.165, 1.54) is 25.7 Å². The molecule has 0 heterocycles. The summed E-state index contributed by atoms with van der Waals surface area (Å²) in [5.74, 6) is 1.96. The van der Waals surface area contributed by atoms with E-state index in [-0.39, 0.29) is 0 Å². The molecular weight excluding hydrogens is 152 g/mol. The van der Waals surface area contributed by atoms with E-state index < -0.39 is 5.97 Å². The molecule has 2 heteroatoms. The maximum Gasteiger partial charge on any atom is 0.303 e. The van der Waals surface area contributed by atoms with E-state index in [9.17, 15) is 4.79 Å². The van der Waals surface area contributed by atoms with Gasteiger partial charge < -0.3 is 5.11 Å². The third-order valence-electron chi connectivity index (χ3n) is 3.61. The van der Waals surface area contributed by atoms with Gasteiger partial charge in [-0.15, -0.1) is 0 Å². The van der Waals surface area contributed by atoms with Crippen molar-refractivity contribution in [2.45, 2.75) is 38.5 Å². The lowest BCUT2D eigenvalue weighted by atomic mass is 9.85. The van der Waals surface area contributed by atoms with Gasteiger partial charge in [0.25, 0.3) is 0 Å². The van der Waals surface area contributed by atoms with Crippen LogP contribution in [-0.4, -0.2) is 11.1 Å². The first kappa shape index (κ1) is 8.09. The molecule has 2 rings (SSSR count). The molecule has 0 aromatic heterocycles. The first-order valence-corrected chi connectivity index (χ1v) is 4.97. The zero-order chi connectivity index (χ0) is 8.55. The van der Waals surface area contributed by atoms with E-state index in [1.54, 1.807) is 0 Å². The molecule has 0 aliphatic heterocycles. The molecule has 2 fully saturated rings. The molecule has 3 atom stereocenters. The predicted molar refractivity (Wildman–Crippen MR) is 45.8 cm³/mol. The van der Waals surface area contributed by atoms with Gasteiger partial charge >= 0.3 is 5.97 Å². The first-order valence-electron chi connectivity index (χ1n) is 4.97. The van der Waals surface area contributed by atoms with Crippen LogP contribution in [0.4, 0.5) is 0 Å². The fraction of sp³-hybridized carbons (Fsp3) is 0.900. The second kappa shape index (κ2) is 3.08. The first-order chi connectivity index (χ1) is 5.75. The van der Waals surface area contributed by atoms with Gasteiger partial charge in [-0.25, -0.2) is 0 Å². The molecule has 0 unspecified atom stereocenters. The minimum Gasteiger partial charge on any atom is -0.481 e. The SMILES string of the molecule is O=C(O)CC[C@H]1C[C@@H]2CC[C@@H]1C2. The smallest absolute Gasteiger partial charge is 0.303 e. The fourth-order valence-corrected chi connectivity index (χ4v) is 3.04. The van der Waals surface area contributed by atoms with E-state index in [0.29, 0.717) is 6.42 Å². The van der Waals surface area contributed by atoms with Crippen LogP contribution in [-0.2, 0) is 4.79 Å². The van der Waals surface area contributed by atoms with E-state index in [0.717, 1.165) is 24.2 Å². The van der Waals surface area contributed by atoms with Crippen LogP contribution >= 0.6 is 0 Å². The summed E-state index contributed by atoms with van der Waals surface area (Å²) in [7, 11) is 0. The Morgan fingerprint density at radius 3 is 2.67 bits per heavy atom. The Morgan fingerprint density at radius 1 is 1.33 bits per heavy atom. The van der Waals surface area contributed by atoms with Crippen molar-refractivity contribution >= 4 is 5.97 Å². The topological polar surface area (TPSA) is 37.3 Å². The standard InChI is InChI=1S/C10H16O2/c11-10(12)4-3-9-6-7-1-2-8(9)5-7/h7-9H,1-6H2,(H,11,12)/t7-,8-,9+/m1/s1. The number of carboxylic acid groups (broad SMARTS) is 1. The lowest BCUT2D eigenvalue weighted by Crippen LogP contribution is -2.11. The Kier molecular flexibility index (Phi) is 2.07. The molecule has 2 saturated carbocycles. The molecule has 0 spiro atoms. The van der Waals surface area contributed by atoms with Crippen molar-refractivity contribution in [2.75, 3.05) is 0 Å². The van der Waals surface area contributed by atoms with Crippen LogP contribution in [0.1, 0.15) is 38.5 Å². The lowest BCUT2D eigenvalue weighted by molar-refractivity contribution is -0.137. The minimum absolute atomic E-state index is 0.383.